The Hall–Kier alpha value is -2.24. The van der Waals surface area contributed by atoms with Crippen molar-refractivity contribution in [2.75, 3.05) is 32.8 Å². The zero-order chi connectivity index (χ0) is 17.7. The van der Waals surface area contributed by atoms with Crippen molar-refractivity contribution in [2.24, 2.45) is 0 Å². The number of hydrogen-bond donors (Lipinski definition) is 0. The van der Waals surface area contributed by atoms with Crippen LogP contribution >= 0.6 is 0 Å². The monoisotopic (exact) mass is 334 g/mol. The van der Waals surface area contributed by atoms with Crippen LogP contribution in [0, 0.1) is 13.8 Å². The van der Waals surface area contributed by atoms with Crippen molar-refractivity contribution in [1.82, 2.24) is 9.80 Å². The molecule has 1 fully saturated rings. The fraction of sp³-hybridized carbons (Fsp3) is 0.556. The Balaban J connectivity index is 1.89. The van der Waals surface area contributed by atoms with Crippen molar-refractivity contribution in [3.8, 4) is 5.75 Å². The van der Waals surface area contributed by atoms with Crippen LogP contribution in [-0.2, 0) is 9.53 Å². The minimum absolute atomic E-state index is 0.0570. The molecule has 0 saturated carbocycles. The zero-order valence-corrected chi connectivity index (χ0v) is 14.9. The van der Waals surface area contributed by atoms with E-state index < -0.39 is 6.10 Å². The number of carbonyl (C=O) groups excluding carboxylic acids is 2. The molecule has 1 heterocycles. The Labute approximate surface area is 143 Å². The molecule has 6 heteroatoms. The van der Waals surface area contributed by atoms with E-state index in [-0.39, 0.29) is 12.0 Å². The van der Waals surface area contributed by atoms with Crippen molar-refractivity contribution in [3.05, 3.63) is 29.3 Å². The number of carbonyl (C=O) groups is 2. The topological polar surface area (TPSA) is 59.1 Å². The van der Waals surface area contributed by atoms with Crippen molar-refractivity contribution in [1.29, 1.82) is 0 Å². The second kappa shape index (κ2) is 8.04. The number of nitrogens with zero attached hydrogens (tertiary/aromatic N) is 2. The highest BCUT2D eigenvalue weighted by Gasteiger charge is 2.28. The molecule has 0 bridgehead atoms. The number of hydrogen-bond acceptors (Lipinski definition) is 4. The van der Waals surface area contributed by atoms with E-state index in [1.165, 1.54) is 0 Å². The summed E-state index contributed by atoms with van der Waals surface area (Å²) < 4.78 is 10.8. The first-order valence-electron chi connectivity index (χ1n) is 8.36. The van der Waals surface area contributed by atoms with E-state index in [0.717, 1.165) is 16.9 Å². The molecule has 1 saturated heterocycles. The summed E-state index contributed by atoms with van der Waals surface area (Å²) in [7, 11) is 0. The van der Waals surface area contributed by atoms with Gasteiger partial charge in [-0.1, -0.05) is 17.7 Å². The molecule has 1 aliphatic heterocycles. The van der Waals surface area contributed by atoms with E-state index in [1.54, 1.807) is 23.6 Å². The number of rotatable bonds is 4. The standard InChI is InChI=1S/C18H26N2O4/c1-5-23-18(22)20-10-8-19(9-11-20)17(21)15(4)24-16-7-6-13(2)12-14(16)3/h6-7,12,15H,5,8-11H2,1-4H3/t15-/m1/s1. The van der Waals surface area contributed by atoms with Gasteiger partial charge in [0.2, 0.25) is 0 Å². The second-order valence-electron chi connectivity index (χ2n) is 6.04. The third-order valence-corrected chi connectivity index (χ3v) is 4.10. The Morgan fingerprint density at radius 3 is 2.33 bits per heavy atom. The Morgan fingerprint density at radius 1 is 1.12 bits per heavy atom. The first-order valence-corrected chi connectivity index (χ1v) is 8.36. The molecule has 1 aromatic rings. The van der Waals surface area contributed by atoms with Crippen molar-refractivity contribution in [3.63, 3.8) is 0 Å². The summed E-state index contributed by atoms with van der Waals surface area (Å²) in [5, 5.41) is 0. The predicted molar refractivity (Wildman–Crippen MR) is 91.2 cm³/mol. The summed E-state index contributed by atoms with van der Waals surface area (Å²) >= 11 is 0. The minimum atomic E-state index is -0.555. The molecular weight excluding hydrogens is 308 g/mol. The largest absolute Gasteiger partial charge is 0.481 e. The number of ether oxygens (including phenoxy) is 2. The Bertz CT molecular complexity index is 595. The quantitative estimate of drug-likeness (QED) is 0.848. The van der Waals surface area contributed by atoms with Gasteiger partial charge in [-0.05, 0) is 39.3 Å². The maximum atomic E-state index is 12.5. The van der Waals surface area contributed by atoms with Gasteiger partial charge in [-0.2, -0.15) is 0 Å². The molecule has 0 N–H and O–H groups in total. The van der Waals surface area contributed by atoms with Crippen molar-refractivity contribution < 1.29 is 19.1 Å². The third-order valence-electron chi connectivity index (χ3n) is 4.10. The summed E-state index contributed by atoms with van der Waals surface area (Å²) in [4.78, 5) is 27.6. The minimum Gasteiger partial charge on any atom is -0.481 e. The molecule has 132 valence electrons. The number of piperazine rings is 1. The van der Waals surface area contributed by atoms with Gasteiger partial charge in [0, 0.05) is 26.2 Å². The van der Waals surface area contributed by atoms with E-state index in [1.807, 2.05) is 32.0 Å². The predicted octanol–water partition coefficient (Wildman–Crippen LogP) is 2.37. The fourth-order valence-corrected chi connectivity index (χ4v) is 2.75. The van der Waals surface area contributed by atoms with Gasteiger partial charge in [-0.15, -0.1) is 0 Å². The number of amides is 2. The number of aryl methyl sites for hydroxylation is 2. The van der Waals surface area contributed by atoms with Gasteiger partial charge in [0.1, 0.15) is 5.75 Å². The molecular formula is C18H26N2O4. The lowest BCUT2D eigenvalue weighted by atomic mass is 10.1. The number of benzene rings is 1. The molecule has 2 rings (SSSR count). The highest BCUT2D eigenvalue weighted by molar-refractivity contribution is 5.81. The summed E-state index contributed by atoms with van der Waals surface area (Å²) in [5.41, 5.74) is 2.18. The summed E-state index contributed by atoms with van der Waals surface area (Å²) in [5.74, 6) is 0.671. The average Bonchev–Trinajstić information content (AvgIpc) is 2.57. The lowest BCUT2D eigenvalue weighted by Crippen LogP contribution is -2.53. The third kappa shape index (κ3) is 4.40. The maximum absolute atomic E-state index is 12.5. The Morgan fingerprint density at radius 2 is 1.75 bits per heavy atom. The van der Waals surface area contributed by atoms with Crippen LogP contribution in [0.3, 0.4) is 0 Å². The first kappa shape index (κ1) is 18.1. The van der Waals surface area contributed by atoms with Crippen molar-refractivity contribution in [2.45, 2.75) is 33.8 Å². The van der Waals surface area contributed by atoms with Crippen LogP contribution in [0.4, 0.5) is 4.79 Å². The van der Waals surface area contributed by atoms with Crippen LogP contribution < -0.4 is 4.74 Å². The van der Waals surface area contributed by atoms with Crippen molar-refractivity contribution >= 4 is 12.0 Å². The van der Waals surface area contributed by atoms with Crippen LogP contribution in [-0.4, -0.2) is 60.7 Å². The summed E-state index contributed by atoms with van der Waals surface area (Å²) in [6, 6.07) is 5.90. The van der Waals surface area contributed by atoms with Gasteiger partial charge < -0.3 is 19.3 Å². The summed E-state index contributed by atoms with van der Waals surface area (Å²) in [6.45, 7) is 9.87. The molecule has 0 aromatic heterocycles. The van der Waals surface area contributed by atoms with Crippen LogP contribution in [0.25, 0.3) is 0 Å². The van der Waals surface area contributed by atoms with E-state index >= 15 is 0 Å². The van der Waals surface area contributed by atoms with Gasteiger partial charge in [0.15, 0.2) is 6.10 Å². The van der Waals surface area contributed by atoms with Gasteiger partial charge >= 0.3 is 6.09 Å². The molecule has 0 aliphatic carbocycles. The molecule has 1 aliphatic rings. The molecule has 1 aromatic carbocycles. The van der Waals surface area contributed by atoms with Crippen LogP contribution in [0.15, 0.2) is 18.2 Å². The SMILES string of the molecule is CCOC(=O)N1CCN(C(=O)[C@@H](C)Oc2ccc(C)cc2C)CC1. The van der Waals surface area contributed by atoms with E-state index in [2.05, 4.69) is 0 Å². The second-order valence-corrected chi connectivity index (χ2v) is 6.04. The molecule has 2 amide bonds. The highest BCUT2D eigenvalue weighted by Crippen LogP contribution is 2.20. The van der Waals surface area contributed by atoms with Crippen LogP contribution in [0.1, 0.15) is 25.0 Å². The highest BCUT2D eigenvalue weighted by atomic mass is 16.6. The van der Waals surface area contributed by atoms with E-state index in [0.29, 0.717) is 32.8 Å². The van der Waals surface area contributed by atoms with E-state index in [4.69, 9.17) is 9.47 Å². The van der Waals surface area contributed by atoms with Crippen LogP contribution in [0.2, 0.25) is 0 Å². The molecule has 0 radical (unpaired) electrons. The molecule has 6 nitrogen and oxygen atoms in total. The first-order chi connectivity index (χ1) is 11.4. The van der Waals surface area contributed by atoms with E-state index in [9.17, 15) is 9.59 Å². The van der Waals surface area contributed by atoms with Gasteiger partial charge in [-0.3, -0.25) is 4.79 Å². The van der Waals surface area contributed by atoms with Gasteiger partial charge in [0.05, 0.1) is 6.61 Å². The smallest absolute Gasteiger partial charge is 0.409 e. The summed E-state index contributed by atoms with van der Waals surface area (Å²) in [6.07, 6.45) is -0.871. The zero-order valence-electron chi connectivity index (χ0n) is 14.9. The lowest BCUT2D eigenvalue weighted by molar-refractivity contribution is -0.139. The van der Waals surface area contributed by atoms with Crippen LogP contribution in [0.5, 0.6) is 5.75 Å². The molecule has 1 atom stereocenters. The van der Waals surface area contributed by atoms with Gasteiger partial charge in [0.25, 0.3) is 5.91 Å². The normalized spacial score (nSPS) is 15.8. The molecule has 0 unspecified atom stereocenters. The molecule has 24 heavy (non-hydrogen) atoms. The maximum Gasteiger partial charge on any atom is 0.409 e. The fourth-order valence-electron chi connectivity index (χ4n) is 2.75. The van der Waals surface area contributed by atoms with Gasteiger partial charge in [-0.25, -0.2) is 4.79 Å². The Kier molecular flexibility index (Phi) is 6.06. The molecule has 0 spiro atoms. The lowest BCUT2D eigenvalue weighted by Gasteiger charge is -2.35. The average molecular weight is 334 g/mol.